The van der Waals surface area contributed by atoms with Crippen molar-refractivity contribution in [3.05, 3.63) is 54.7 Å². The molecule has 0 atom stereocenters. The van der Waals surface area contributed by atoms with E-state index >= 15 is 0 Å². The number of aromatic carboxylic acids is 1. The predicted octanol–water partition coefficient (Wildman–Crippen LogP) is 2.24. The van der Waals surface area contributed by atoms with Crippen LogP contribution in [0.1, 0.15) is 10.4 Å². The number of aromatic nitrogens is 3. The summed E-state index contributed by atoms with van der Waals surface area (Å²) in [6.07, 6.45) is 7.08. The van der Waals surface area contributed by atoms with E-state index in [1.54, 1.807) is 18.7 Å². The molecule has 1 N–H and O–H groups in total. The highest BCUT2D eigenvalue weighted by Gasteiger charge is 2.13. The first-order valence-corrected chi connectivity index (χ1v) is 6.02. The monoisotopic (exact) mass is 255 g/mol. The van der Waals surface area contributed by atoms with E-state index in [4.69, 9.17) is 0 Å². The van der Waals surface area contributed by atoms with Gasteiger partial charge in [-0.05, 0) is 6.07 Å². The third-order valence-electron chi connectivity index (χ3n) is 3.18. The van der Waals surface area contributed by atoms with Gasteiger partial charge < -0.3 is 14.2 Å². The van der Waals surface area contributed by atoms with Crippen molar-refractivity contribution in [3.8, 4) is 0 Å². The first-order valence-electron chi connectivity index (χ1n) is 6.02. The van der Waals surface area contributed by atoms with Gasteiger partial charge in [-0.2, -0.15) is 0 Å². The van der Waals surface area contributed by atoms with Crippen LogP contribution < -0.4 is 0 Å². The minimum Gasteiger partial charge on any atom is -0.478 e. The van der Waals surface area contributed by atoms with Gasteiger partial charge in [-0.1, -0.05) is 18.2 Å². The maximum atomic E-state index is 11.2. The summed E-state index contributed by atoms with van der Waals surface area (Å²) in [5, 5.41) is 10.00. The smallest absolute Gasteiger partial charge is 0.337 e. The third-order valence-corrected chi connectivity index (χ3v) is 3.18. The Hall–Kier alpha value is -2.56. The van der Waals surface area contributed by atoms with Crippen molar-refractivity contribution in [1.29, 1.82) is 0 Å². The molecule has 0 amide bonds. The van der Waals surface area contributed by atoms with E-state index in [2.05, 4.69) is 4.98 Å². The standard InChI is InChI=1S/C14H13N3O2/c18-14(19)12-9-17(8-7-16-6-5-15-10-16)13-4-2-1-3-11(12)13/h1-6,9-10H,7-8H2,(H,18,19). The number of carbonyl (C=O) groups is 1. The van der Waals surface area contributed by atoms with E-state index in [0.29, 0.717) is 12.1 Å². The van der Waals surface area contributed by atoms with Crippen molar-refractivity contribution in [3.63, 3.8) is 0 Å². The maximum absolute atomic E-state index is 11.2. The largest absolute Gasteiger partial charge is 0.478 e. The molecule has 0 aliphatic rings. The number of para-hydroxylation sites is 1. The summed E-state index contributed by atoms with van der Waals surface area (Å²) in [5.74, 6) is -0.891. The number of aryl methyl sites for hydroxylation is 2. The molecule has 0 spiro atoms. The van der Waals surface area contributed by atoms with Crippen molar-refractivity contribution in [2.75, 3.05) is 0 Å². The zero-order valence-electron chi connectivity index (χ0n) is 10.2. The van der Waals surface area contributed by atoms with Gasteiger partial charge >= 0.3 is 5.97 Å². The molecule has 0 aliphatic carbocycles. The Morgan fingerprint density at radius 3 is 2.84 bits per heavy atom. The third kappa shape index (κ3) is 2.10. The molecule has 5 nitrogen and oxygen atoms in total. The Kier molecular flexibility index (Phi) is 2.79. The lowest BCUT2D eigenvalue weighted by Crippen LogP contribution is -2.05. The van der Waals surface area contributed by atoms with Crippen molar-refractivity contribution in [2.45, 2.75) is 13.1 Å². The molecule has 96 valence electrons. The van der Waals surface area contributed by atoms with E-state index in [1.807, 2.05) is 39.6 Å². The molecule has 0 saturated carbocycles. The summed E-state index contributed by atoms with van der Waals surface area (Å²) < 4.78 is 3.94. The second-order valence-corrected chi connectivity index (χ2v) is 4.36. The highest BCUT2D eigenvalue weighted by molar-refractivity contribution is 6.03. The normalized spacial score (nSPS) is 10.9. The second-order valence-electron chi connectivity index (χ2n) is 4.36. The quantitative estimate of drug-likeness (QED) is 0.777. The van der Waals surface area contributed by atoms with E-state index in [1.165, 1.54) is 0 Å². The molecule has 0 fully saturated rings. The number of fused-ring (bicyclic) bond motifs is 1. The Labute approximate surface area is 109 Å². The van der Waals surface area contributed by atoms with Gasteiger partial charge in [0, 0.05) is 42.6 Å². The minimum absolute atomic E-state index is 0.348. The summed E-state index contributed by atoms with van der Waals surface area (Å²) >= 11 is 0. The van der Waals surface area contributed by atoms with Crippen LogP contribution in [-0.2, 0) is 13.1 Å². The van der Waals surface area contributed by atoms with E-state index in [-0.39, 0.29) is 0 Å². The molecule has 3 rings (SSSR count). The number of nitrogens with zero attached hydrogens (tertiary/aromatic N) is 3. The highest BCUT2D eigenvalue weighted by Crippen LogP contribution is 2.21. The van der Waals surface area contributed by atoms with Crippen LogP contribution in [0.15, 0.2) is 49.2 Å². The van der Waals surface area contributed by atoms with E-state index < -0.39 is 5.97 Å². The molecule has 0 saturated heterocycles. The van der Waals surface area contributed by atoms with Gasteiger partial charge in [-0.3, -0.25) is 0 Å². The van der Waals surface area contributed by atoms with Crippen LogP contribution in [0.2, 0.25) is 0 Å². The molecule has 1 aromatic carbocycles. The SMILES string of the molecule is O=C(O)c1cn(CCn2ccnc2)c2ccccc12. The van der Waals surface area contributed by atoms with Gasteiger partial charge in [0.15, 0.2) is 0 Å². The summed E-state index contributed by atoms with van der Waals surface area (Å²) in [5.41, 5.74) is 1.29. The Morgan fingerprint density at radius 2 is 2.11 bits per heavy atom. The molecule has 19 heavy (non-hydrogen) atoms. The van der Waals surface area contributed by atoms with Gasteiger partial charge in [-0.25, -0.2) is 9.78 Å². The van der Waals surface area contributed by atoms with Crippen LogP contribution in [0.3, 0.4) is 0 Å². The molecule has 2 heterocycles. The number of carboxylic acids is 1. The zero-order valence-corrected chi connectivity index (χ0v) is 10.2. The Balaban J connectivity index is 1.97. The molecule has 5 heteroatoms. The van der Waals surface area contributed by atoms with Crippen LogP contribution in [0.4, 0.5) is 0 Å². The summed E-state index contributed by atoms with van der Waals surface area (Å²) in [4.78, 5) is 15.2. The predicted molar refractivity (Wildman–Crippen MR) is 71.1 cm³/mol. The van der Waals surface area contributed by atoms with Crippen LogP contribution >= 0.6 is 0 Å². The fraction of sp³-hybridized carbons (Fsp3) is 0.143. The highest BCUT2D eigenvalue weighted by atomic mass is 16.4. The minimum atomic E-state index is -0.891. The molecule has 3 aromatic rings. The number of rotatable bonds is 4. The molecule has 2 aromatic heterocycles. The Bertz CT molecular complexity index is 713. The van der Waals surface area contributed by atoms with Crippen molar-refractivity contribution >= 4 is 16.9 Å². The number of hydrogen-bond donors (Lipinski definition) is 1. The van der Waals surface area contributed by atoms with Gasteiger partial charge in [-0.15, -0.1) is 0 Å². The van der Waals surface area contributed by atoms with Crippen LogP contribution in [0.5, 0.6) is 0 Å². The maximum Gasteiger partial charge on any atom is 0.337 e. The number of carboxylic acid groups (broad SMARTS) is 1. The Morgan fingerprint density at radius 1 is 1.26 bits per heavy atom. The number of benzene rings is 1. The van der Waals surface area contributed by atoms with Crippen LogP contribution in [-0.4, -0.2) is 25.2 Å². The van der Waals surface area contributed by atoms with E-state index in [9.17, 15) is 9.90 Å². The summed E-state index contributed by atoms with van der Waals surface area (Å²) in [6, 6.07) is 7.55. The molecule has 0 unspecified atom stereocenters. The van der Waals surface area contributed by atoms with Gasteiger partial charge in [0.25, 0.3) is 0 Å². The number of imidazole rings is 1. The van der Waals surface area contributed by atoms with Gasteiger partial charge in [0.1, 0.15) is 0 Å². The number of hydrogen-bond acceptors (Lipinski definition) is 2. The van der Waals surface area contributed by atoms with Gasteiger partial charge in [0.05, 0.1) is 11.9 Å². The molecule has 0 radical (unpaired) electrons. The van der Waals surface area contributed by atoms with Crippen LogP contribution in [0, 0.1) is 0 Å². The lowest BCUT2D eigenvalue weighted by Gasteiger charge is -2.05. The van der Waals surface area contributed by atoms with Crippen molar-refractivity contribution < 1.29 is 9.90 Å². The van der Waals surface area contributed by atoms with Crippen LogP contribution in [0.25, 0.3) is 10.9 Å². The first-order chi connectivity index (χ1) is 9.25. The second kappa shape index (κ2) is 4.61. The fourth-order valence-electron chi connectivity index (χ4n) is 2.24. The first kappa shape index (κ1) is 11.5. The average Bonchev–Trinajstić information content (AvgIpc) is 3.04. The lowest BCUT2D eigenvalue weighted by molar-refractivity contribution is 0.0699. The molecule has 0 aliphatic heterocycles. The average molecular weight is 255 g/mol. The summed E-state index contributed by atoms with van der Waals surface area (Å²) in [6.45, 7) is 1.47. The molecular formula is C14H13N3O2. The topological polar surface area (TPSA) is 60.0 Å². The molecule has 0 bridgehead atoms. The summed E-state index contributed by atoms with van der Waals surface area (Å²) in [7, 11) is 0. The van der Waals surface area contributed by atoms with Crippen molar-refractivity contribution in [2.24, 2.45) is 0 Å². The van der Waals surface area contributed by atoms with E-state index in [0.717, 1.165) is 17.4 Å². The van der Waals surface area contributed by atoms with Gasteiger partial charge in [0.2, 0.25) is 0 Å². The fourth-order valence-corrected chi connectivity index (χ4v) is 2.24. The lowest BCUT2D eigenvalue weighted by atomic mass is 10.2. The zero-order chi connectivity index (χ0) is 13.2. The van der Waals surface area contributed by atoms with Crippen molar-refractivity contribution in [1.82, 2.24) is 14.1 Å². The molecular weight excluding hydrogens is 242 g/mol.